The van der Waals surface area contributed by atoms with E-state index in [1.165, 1.54) is 218 Å². The van der Waals surface area contributed by atoms with Gasteiger partial charge in [-0.25, -0.2) is 9.13 Å². The van der Waals surface area contributed by atoms with E-state index in [1.807, 2.05) is 0 Å². The Labute approximate surface area is 631 Å². The molecule has 0 rings (SSSR count). The lowest BCUT2D eigenvalue weighted by atomic mass is 9.99. The van der Waals surface area contributed by atoms with Gasteiger partial charge >= 0.3 is 39.5 Å². The van der Waals surface area contributed by atoms with Gasteiger partial charge in [-0.3, -0.25) is 37.3 Å². The molecule has 0 aliphatic rings. The van der Waals surface area contributed by atoms with Crippen molar-refractivity contribution in [3.05, 3.63) is 24.3 Å². The van der Waals surface area contributed by atoms with E-state index in [0.717, 1.165) is 121 Å². The van der Waals surface area contributed by atoms with Crippen LogP contribution in [0.3, 0.4) is 0 Å². The summed E-state index contributed by atoms with van der Waals surface area (Å²) in [5, 5.41) is 10.7. The second-order valence-corrected chi connectivity index (χ2v) is 32.9. The molecule has 0 aliphatic heterocycles. The first-order valence-electron chi connectivity index (χ1n) is 42.9. The highest BCUT2D eigenvalue weighted by Gasteiger charge is 2.30. The molecule has 103 heavy (non-hydrogen) atoms. The zero-order valence-corrected chi connectivity index (χ0v) is 68.9. The summed E-state index contributed by atoms with van der Waals surface area (Å²) in [6, 6.07) is 0. The molecule has 0 aromatic rings. The highest BCUT2D eigenvalue weighted by atomic mass is 31.2. The fourth-order valence-electron chi connectivity index (χ4n) is 12.5. The van der Waals surface area contributed by atoms with E-state index >= 15 is 0 Å². The van der Waals surface area contributed by atoms with E-state index in [0.29, 0.717) is 25.7 Å². The van der Waals surface area contributed by atoms with Gasteiger partial charge in [-0.05, 0) is 63.2 Å². The topological polar surface area (TPSA) is 237 Å². The maximum Gasteiger partial charge on any atom is 0.472 e. The standard InChI is InChI=1S/C84H160O17P2/c1-7-11-13-15-17-19-21-23-25-26-27-28-29-30-31-33-35-37-42-50-56-62-68-83(88)100-79(72-94-81(86)66-60-54-48-41-36-34-32-24-22-20-18-16-14-12-8-2)74-98-102(90,91)96-70-78(85)71-97-103(92,93)99-75-80(73-95-82(87)67-61-55-49-45-44-47-53-59-65-77(6)10-4)101-84(89)69-63-57-51-43-39-38-40-46-52-58-64-76(5)9-3/h20,22,24,32,76-80,85H,7-19,21,23,25-31,33-75H2,1-6H3,(H,90,91)(H,92,93)/b22-20-,32-24-/t76?,77?,78-,79-,80-/m1/s1. The highest BCUT2D eigenvalue weighted by molar-refractivity contribution is 7.47. The van der Waals surface area contributed by atoms with Gasteiger partial charge in [0.25, 0.3) is 0 Å². The molecule has 0 aliphatic carbocycles. The first-order chi connectivity index (χ1) is 49.9. The molecule has 0 saturated carbocycles. The van der Waals surface area contributed by atoms with Crippen LogP contribution in [-0.2, 0) is 65.4 Å². The number of carbonyl (C=O) groups is 4. The predicted octanol–water partition coefficient (Wildman–Crippen LogP) is 25.0. The Balaban J connectivity index is 5.27. The molecule has 0 amide bonds. The van der Waals surface area contributed by atoms with Crippen LogP contribution < -0.4 is 0 Å². The average molecular weight is 1500 g/mol. The van der Waals surface area contributed by atoms with Crippen LogP contribution >= 0.6 is 15.6 Å². The third-order valence-electron chi connectivity index (χ3n) is 19.8. The van der Waals surface area contributed by atoms with Crippen molar-refractivity contribution in [3.63, 3.8) is 0 Å². The normalized spacial score (nSPS) is 14.5. The van der Waals surface area contributed by atoms with Gasteiger partial charge in [0.05, 0.1) is 26.4 Å². The van der Waals surface area contributed by atoms with E-state index in [-0.39, 0.29) is 25.7 Å². The van der Waals surface area contributed by atoms with Crippen LogP contribution in [0.2, 0.25) is 0 Å². The van der Waals surface area contributed by atoms with Crippen molar-refractivity contribution in [1.29, 1.82) is 0 Å². The number of aliphatic hydroxyl groups is 1. The van der Waals surface area contributed by atoms with Gasteiger partial charge in [0.1, 0.15) is 19.3 Å². The quantitative estimate of drug-likeness (QED) is 0.0169. The lowest BCUT2D eigenvalue weighted by molar-refractivity contribution is -0.161. The summed E-state index contributed by atoms with van der Waals surface area (Å²) in [4.78, 5) is 73.1. The van der Waals surface area contributed by atoms with Gasteiger partial charge in [-0.2, -0.15) is 0 Å². The molecule has 17 nitrogen and oxygen atoms in total. The average Bonchev–Trinajstić information content (AvgIpc) is 0.923. The van der Waals surface area contributed by atoms with Crippen LogP contribution in [0.15, 0.2) is 24.3 Å². The Kier molecular flexibility index (Phi) is 73.2. The zero-order valence-electron chi connectivity index (χ0n) is 67.1. The predicted molar refractivity (Wildman–Crippen MR) is 423 cm³/mol. The molecule has 3 N–H and O–H groups in total. The molecule has 0 aromatic carbocycles. The number of allylic oxidation sites excluding steroid dienone is 4. The number of ether oxygens (including phenoxy) is 4. The summed E-state index contributed by atoms with van der Waals surface area (Å²) in [7, 11) is -9.94. The SMILES string of the molecule is CCCCCC/C=C\C=C/CCCCCCCC(=O)OC[C@H](COP(=O)(O)OC[C@@H](O)COP(=O)(O)OC[C@@H](COC(=O)CCCCCCCCCCC(C)CC)OC(=O)CCCCCCCCCCCCC(C)CC)OC(=O)CCCCCCCCCCCCCCCCCCCCCCCC. The number of rotatable bonds is 81. The Morgan fingerprint density at radius 1 is 0.311 bits per heavy atom. The number of aliphatic hydroxyl groups excluding tert-OH is 1. The van der Waals surface area contributed by atoms with Gasteiger partial charge in [-0.15, -0.1) is 0 Å². The second-order valence-electron chi connectivity index (χ2n) is 30.0. The number of phosphoric ester groups is 2. The fourth-order valence-corrected chi connectivity index (χ4v) is 14.0. The molecule has 608 valence electrons. The molecule has 0 radical (unpaired) electrons. The largest absolute Gasteiger partial charge is 0.472 e. The lowest BCUT2D eigenvalue weighted by Gasteiger charge is -2.21. The second kappa shape index (κ2) is 75.0. The number of carbonyl (C=O) groups excluding carboxylic acids is 4. The summed E-state index contributed by atoms with van der Waals surface area (Å²) >= 11 is 0. The summed E-state index contributed by atoms with van der Waals surface area (Å²) in [5.41, 5.74) is 0. The van der Waals surface area contributed by atoms with Crippen molar-refractivity contribution in [2.75, 3.05) is 39.6 Å². The third-order valence-corrected chi connectivity index (χ3v) is 21.7. The van der Waals surface area contributed by atoms with Gasteiger partial charge in [0.2, 0.25) is 0 Å². The van der Waals surface area contributed by atoms with Crippen LogP contribution in [0.4, 0.5) is 0 Å². The monoisotopic (exact) mass is 1500 g/mol. The Morgan fingerprint density at radius 3 is 0.825 bits per heavy atom. The van der Waals surface area contributed by atoms with Gasteiger partial charge in [0.15, 0.2) is 12.2 Å². The van der Waals surface area contributed by atoms with Crippen molar-refractivity contribution in [1.82, 2.24) is 0 Å². The molecule has 0 saturated heterocycles. The summed E-state index contributed by atoms with van der Waals surface area (Å²) in [6.07, 6.45) is 68.8. The fraction of sp³-hybridized carbons (Fsp3) is 0.905. The van der Waals surface area contributed by atoms with Crippen molar-refractivity contribution < 1.29 is 80.2 Å². The van der Waals surface area contributed by atoms with Crippen LogP contribution in [-0.4, -0.2) is 96.7 Å². The van der Waals surface area contributed by atoms with E-state index in [4.69, 9.17) is 37.0 Å². The van der Waals surface area contributed by atoms with E-state index < -0.39 is 97.5 Å². The molecule has 0 heterocycles. The number of esters is 4. The van der Waals surface area contributed by atoms with Crippen LogP contribution in [0.5, 0.6) is 0 Å². The molecular weight excluding hydrogens is 1340 g/mol. The van der Waals surface area contributed by atoms with Crippen LogP contribution in [0.25, 0.3) is 0 Å². The van der Waals surface area contributed by atoms with Gasteiger partial charge in [-0.1, -0.05) is 368 Å². The summed E-state index contributed by atoms with van der Waals surface area (Å²) in [5.74, 6) is -0.560. The van der Waals surface area contributed by atoms with Crippen molar-refractivity contribution >= 4 is 39.5 Å². The van der Waals surface area contributed by atoms with Crippen molar-refractivity contribution in [3.8, 4) is 0 Å². The smallest absolute Gasteiger partial charge is 0.462 e. The molecule has 7 atom stereocenters. The number of hydrogen-bond acceptors (Lipinski definition) is 15. The highest BCUT2D eigenvalue weighted by Crippen LogP contribution is 2.45. The third kappa shape index (κ3) is 74.8. The van der Waals surface area contributed by atoms with Gasteiger partial charge in [0, 0.05) is 25.7 Å². The number of hydrogen-bond donors (Lipinski definition) is 3. The van der Waals surface area contributed by atoms with Crippen molar-refractivity contribution in [2.45, 2.75) is 439 Å². The molecular formula is C84H160O17P2. The minimum atomic E-state index is -4.97. The minimum absolute atomic E-state index is 0.102. The Bertz CT molecular complexity index is 2070. The molecule has 0 aromatic heterocycles. The zero-order chi connectivity index (χ0) is 75.6. The van der Waals surface area contributed by atoms with Crippen LogP contribution in [0.1, 0.15) is 420 Å². The summed E-state index contributed by atoms with van der Waals surface area (Å²) < 4.78 is 68.8. The Morgan fingerprint density at radius 2 is 0.544 bits per heavy atom. The van der Waals surface area contributed by atoms with Crippen LogP contribution in [0, 0.1) is 11.8 Å². The van der Waals surface area contributed by atoms with Gasteiger partial charge < -0.3 is 33.8 Å². The molecule has 19 heteroatoms. The number of phosphoric acid groups is 2. The lowest BCUT2D eigenvalue weighted by Crippen LogP contribution is -2.30. The van der Waals surface area contributed by atoms with Crippen molar-refractivity contribution in [2.24, 2.45) is 11.8 Å². The maximum absolute atomic E-state index is 13.1. The molecule has 0 bridgehead atoms. The molecule has 0 fully saturated rings. The maximum atomic E-state index is 13.1. The first kappa shape index (κ1) is 101. The molecule has 4 unspecified atom stereocenters. The van der Waals surface area contributed by atoms with E-state index in [2.05, 4.69) is 65.8 Å². The first-order valence-corrected chi connectivity index (χ1v) is 45.9. The minimum Gasteiger partial charge on any atom is -0.462 e. The van der Waals surface area contributed by atoms with E-state index in [1.54, 1.807) is 0 Å². The Hall–Kier alpha value is -2.46. The molecule has 0 spiro atoms. The van der Waals surface area contributed by atoms with E-state index in [9.17, 15) is 43.2 Å². The number of unbranched alkanes of at least 4 members (excludes halogenated alkanes) is 46. The summed E-state index contributed by atoms with van der Waals surface area (Å²) in [6.45, 7) is 9.60.